The first-order valence-corrected chi connectivity index (χ1v) is 8.25. The molecule has 0 radical (unpaired) electrons. The number of hydrazine groups is 1. The maximum atomic E-state index is 12.4. The van der Waals surface area contributed by atoms with Gasteiger partial charge in [-0.25, -0.2) is 19.2 Å². The number of nitrogens with one attached hydrogen (secondary N) is 1. The van der Waals surface area contributed by atoms with Crippen LogP contribution in [0.1, 0.15) is 0 Å². The molecular weight excluding hydrogens is 276 g/mol. The Labute approximate surface area is 108 Å². The summed E-state index contributed by atoms with van der Waals surface area (Å²) in [7, 11) is -4.56. The zero-order valence-corrected chi connectivity index (χ0v) is 11.2. The average Bonchev–Trinajstić information content (AvgIpc) is 2.39. The second-order valence-corrected chi connectivity index (χ2v) is 7.35. The molecule has 0 bridgehead atoms. The fourth-order valence-corrected chi connectivity index (χ4v) is 4.54. The Kier molecular flexibility index (Phi) is 3.95. The van der Waals surface area contributed by atoms with E-state index in [2.05, 4.69) is 10.4 Å². The highest BCUT2D eigenvalue weighted by atomic mass is 32.2. The first-order chi connectivity index (χ1) is 8.55. The molecular formula is C9H14N4O3S2. The lowest BCUT2D eigenvalue weighted by Gasteiger charge is -2.26. The van der Waals surface area contributed by atoms with Crippen molar-refractivity contribution in [3.63, 3.8) is 0 Å². The van der Waals surface area contributed by atoms with Crippen molar-refractivity contribution in [3.05, 3.63) is 18.3 Å². The minimum Gasteiger partial charge on any atom is -0.307 e. The fraction of sp³-hybridized carbons (Fsp3) is 0.444. The molecule has 3 N–H and O–H groups in total. The second-order valence-electron chi connectivity index (χ2n) is 3.75. The van der Waals surface area contributed by atoms with Crippen molar-refractivity contribution in [1.29, 1.82) is 0 Å². The van der Waals surface area contributed by atoms with E-state index >= 15 is 0 Å². The van der Waals surface area contributed by atoms with Crippen LogP contribution in [-0.4, -0.2) is 46.5 Å². The van der Waals surface area contributed by atoms with Gasteiger partial charge in [0, 0.05) is 41.6 Å². The number of anilines is 1. The predicted molar refractivity (Wildman–Crippen MR) is 68.7 cm³/mol. The number of rotatable bonds is 3. The van der Waals surface area contributed by atoms with Crippen molar-refractivity contribution in [2.24, 2.45) is 5.84 Å². The van der Waals surface area contributed by atoms with Gasteiger partial charge in [-0.3, -0.25) is 4.21 Å². The monoisotopic (exact) mass is 290 g/mol. The standard InChI is InChI=1S/C9H14N4O3S2/c10-12-9-8(2-1-3-11-9)18(15,16)13-4-6-17(14)7-5-13/h1-3H,4-7,10H2,(H,11,12). The molecule has 0 aliphatic carbocycles. The molecule has 9 heteroatoms. The lowest BCUT2D eigenvalue weighted by atomic mass is 10.5. The van der Waals surface area contributed by atoms with E-state index < -0.39 is 20.8 Å². The van der Waals surface area contributed by atoms with Gasteiger partial charge in [-0.15, -0.1) is 0 Å². The number of nitrogens with zero attached hydrogens (tertiary/aromatic N) is 2. The number of nitrogens with two attached hydrogens (primary N) is 1. The smallest absolute Gasteiger partial charge is 0.246 e. The van der Waals surface area contributed by atoms with E-state index in [1.165, 1.54) is 22.6 Å². The zero-order valence-electron chi connectivity index (χ0n) is 9.57. The third-order valence-corrected chi connectivity index (χ3v) is 5.87. The Hall–Kier alpha value is -1.03. The van der Waals surface area contributed by atoms with E-state index in [1.807, 2.05) is 0 Å². The summed E-state index contributed by atoms with van der Waals surface area (Å²) >= 11 is 0. The maximum absolute atomic E-state index is 12.4. The fourth-order valence-electron chi connectivity index (χ4n) is 1.71. The zero-order chi connectivity index (χ0) is 13.2. The van der Waals surface area contributed by atoms with Crippen molar-refractivity contribution < 1.29 is 12.6 Å². The van der Waals surface area contributed by atoms with Crippen LogP contribution in [0.3, 0.4) is 0 Å². The third kappa shape index (κ3) is 2.53. The average molecular weight is 290 g/mol. The van der Waals surface area contributed by atoms with Crippen molar-refractivity contribution in [1.82, 2.24) is 9.29 Å². The molecule has 0 unspecified atom stereocenters. The third-order valence-electron chi connectivity index (χ3n) is 2.66. The van der Waals surface area contributed by atoms with Gasteiger partial charge in [-0.05, 0) is 12.1 Å². The second kappa shape index (κ2) is 5.31. The molecule has 1 fully saturated rings. The molecule has 1 aliphatic heterocycles. The van der Waals surface area contributed by atoms with Gasteiger partial charge >= 0.3 is 0 Å². The summed E-state index contributed by atoms with van der Waals surface area (Å²) in [4.78, 5) is 3.91. The number of sulfonamides is 1. The van der Waals surface area contributed by atoms with E-state index in [9.17, 15) is 12.6 Å². The molecule has 1 aromatic rings. The summed E-state index contributed by atoms with van der Waals surface area (Å²) in [6, 6.07) is 2.99. The Morgan fingerprint density at radius 3 is 2.67 bits per heavy atom. The number of aromatic nitrogens is 1. The highest BCUT2D eigenvalue weighted by Crippen LogP contribution is 2.22. The van der Waals surface area contributed by atoms with Crippen molar-refractivity contribution in [2.75, 3.05) is 30.0 Å². The largest absolute Gasteiger partial charge is 0.307 e. The molecule has 2 heterocycles. The SMILES string of the molecule is NNc1ncccc1S(=O)(=O)N1CCS(=O)CC1. The van der Waals surface area contributed by atoms with E-state index in [0.717, 1.165) is 0 Å². The van der Waals surface area contributed by atoms with Crippen LogP contribution in [0, 0.1) is 0 Å². The van der Waals surface area contributed by atoms with Crippen LogP contribution in [0.25, 0.3) is 0 Å². The maximum Gasteiger partial charge on any atom is 0.246 e. The van der Waals surface area contributed by atoms with Gasteiger partial charge in [-0.1, -0.05) is 0 Å². The molecule has 0 atom stereocenters. The van der Waals surface area contributed by atoms with Gasteiger partial charge in [0.15, 0.2) is 5.82 Å². The van der Waals surface area contributed by atoms with Crippen LogP contribution < -0.4 is 11.3 Å². The molecule has 1 aliphatic rings. The molecule has 0 spiro atoms. The molecule has 0 saturated carbocycles. The molecule has 18 heavy (non-hydrogen) atoms. The van der Waals surface area contributed by atoms with E-state index in [4.69, 9.17) is 5.84 Å². The van der Waals surface area contributed by atoms with Crippen molar-refractivity contribution in [3.8, 4) is 0 Å². The molecule has 7 nitrogen and oxygen atoms in total. The lowest BCUT2D eigenvalue weighted by molar-refractivity contribution is 0.439. The van der Waals surface area contributed by atoms with Gasteiger partial charge in [-0.2, -0.15) is 4.31 Å². The first-order valence-electron chi connectivity index (χ1n) is 5.32. The van der Waals surface area contributed by atoms with Gasteiger partial charge in [0.1, 0.15) is 4.90 Å². The van der Waals surface area contributed by atoms with Crippen LogP contribution in [0.15, 0.2) is 23.2 Å². The number of hydrogen-bond donors (Lipinski definition) is 2. The number of pyridine rings is 1. The summed E-state index contributed by atoms with van der Waals surface area (Å²) in [6.07, 6.45) is 1.46. The lowest BCUT2D eigenvalue weighted by Crippen LogP contribution is -2.42. The quantitative estimate of drug-likeness (QED) is 0.553. The van der Waals surface area contributed by atoms with Gasteiger partial charge in [0.25, 0.3) is 0 Å². The van der Waals surface area contributed by atoms with Gasteiger partial charge in [0.2, 0.25) is 10.0 Å². The Bertz CT molecular complexity index is 551. The number of nitrogen functional groups attached to an aromatic ring is 1. The molecule has 2 rings (SSSR count). The molecule has 1 aromatic heterocycles. The van der Waals surface area contributed by atoms with E-state index in [-0.39, 0.29) is 23.8 Å². The first kappa shape index (κ1) is 13.4. The summed E-state index contributed by atoms with van der Waals surface area (Å²) < 4.78 is 37.3. The summed E-state index contributed by atoms with van der Waals surface area (Å²) in [5.74, 6) is 6.10. The Balaban J connectivity index is 2.33. The van der Waals surface area contributed by atoms with Crippen LogP contribution >= 0.6 is 0 Å². The summed E-state index contributed by atoms with van der Waals surface area (Å²) in [6.45, 7) is 0.516. The molecule has 0 aromatic carbocycles. The summed E-state index contributed by atoms with van der Waals surface area (Å²) in [5.41, 5.74) is 2.27. The molecule has 0 amide bonds. The van der Waals surface area contributed by atoms with Gasteiger partial charge < -0.3 is 5.43 Å². The van der Waals surface area contributed by atoms with Crippen LogP contribution in [0.4, 0.5) is 5.82 Å². The van der Waals surface area contributed by atoms with Crippen molar-refractivity contribution in [2.45, 2.75) is 4.90 Å². The molecule has 100 valence electrons. The van der Waals surface area contributed by atoms with Crippen molar-refractivity contribution >= 4 is 26.6 Å². The minimum absolute atomic E-state index is 0.0418. The topological polar surface area (TPSA) is 105 Å². The minimum atomic E-state index is -3.63. The Morgan fingerprint density at radius 2 is 2.06 bits per heavy atom. The molecule has 1 saturated heterocycles. The van der Waals surface area contributed by atoms with Crippen LogP contribution in [0.5, 0.6) is 0 Å². The predicted octanol–water partition coefficient (Wildman–Crippen LogP) is -0.880. The Morgan fingerprint density at radius 1 is 1.39 bits per heavy atom. The number of hydrogen-bond acceptors (Lipinski definition) is 6. The normalized spacial score (nSPS) is 18.7. The van der Waals surface area contributed by atoms with Crippen LogP contribution in [-0.2, 0) is 20.8 Å². The van der Waals surface area contributed by atoms with E-state index in [0.29, 0.717) is 11.5 Å². The van der Waals surface area contributed by atoms with Gasteiger partial charge in [0.05, 0.1) is 0 Å². The highest BCUT2D eigenvalue weighted by Gasteiger charge is 2.30. The highest BCUT2D eigenvalue weighted by molar-refractivity contribution is 7.89. The van der Waals surface area contributed by atoms with Crippen LogP contribution in [0.2, 0.25) is 0 Å². The van der Waals surface area contributed by atoms with E-state index in [1.54, 1.807) is 0 Å². The summed E-state index contributed by atoms with van der Waals surface area (Å²) in [5, 5.41) is 0.